The van der Waals surface area contributed by atoms with Crippen LogP contribution in [0.1, 0.15) is 19.8 Å². The Labute approximate surface area is 110 Å². The van der Waals surface area contributed by atoms with E-state index in [9.17, 15) is 4.79 Å². The molecule has 3 fully saturated rings. The third-order valence-corrected chi connectivity index (χ3v) is 4.81. The monoisotopic (exact) mass is 251 g/mol. The van der Waals surface area contributed by atoms with Crippen molar-refractivity contribution in [3.63, 3.8) is 0 Å². The van der Waals surface area contributed by atoms with Gasteiger partial charge in [-0.25, -0.2) is 0 Å². The highest BCUT2D eigenvalue weighted by atomic mass is 16.2. The number of hydrogen-bond acceptors (Lipinski definition) is 3. The molecule has 1 N–H and O–H groups in total. The molecule has 2 heterocycles. The van der Waals surface area contributed by atoms with Gasteiger partial charge in [-0.3, -0.25) is 9.69 Å². The molecule has 4 nitrogen and oxygen atoms in total. The van der Waals surface area contributed by atoms with Crippen molar-refractivity contribution in [3.05, 3.63) is 0 Å². The highest BCUT2D eigenvalue weighted by Crippen LogP contribution is 2.30. The molecular weight excluding hydrogens is 226 g/mol. The molecule has 18 heavy (non-hydrogen) atoms. The minimum Gasteiger partial charge on any atom is -0.340 e. The van der Waals surface area contributed by atoms with Gasteiger partial charge >= 0.3 is 0 Å². The van der Waals surface area contributed by atoms with E-state index in [0.717, 1.165) is 45.2 Å². The molecule has 3 aliphatic rings. The fourth-order valence-electron chi connectivity index (χ4n) is 2.97. The van der Waals surface area contributed by atoms with Crippen molar-refractivity contribution in [1.82, 2.24) is 15.1 Å². The molecule has 0 aromatic heterocycles. The van der Waals surface area contributed by atoms with Crippen molar-refractivity contribution < 1.29 is 4.79 Å². The summed E-state index contributed by atoms with van der Waals surface area (Å²) in [7, 11) is 0. The lowest BCUT2D eigenvalue weighted by molar-refractivity contribution is -0.139. The third-order valence-electron chi connectivity index (χ3n) is 4.81. The molecule has 0 aromatic rings. The standard InChI is InChI=1S/C14H25N3O/c1-11(13-8-15-9-13)14(18)17-6-4-16(5-7-17)10-12-2-3-12/h11-13,15H,2-10H2,1H3. The summed E-state index contributed by atoms with van der Waals surface area (Å²) in [5.74, 6) is 2.13. The predicted molar refractivity (Wildman–Crippen MR) is 71.3 cm³/mol. The summed E-state index contributed by atoms with van der Waals surface area (Å²) in [6, 6.07) is 0. The number of carbonyl (C=O) groups excluding carboxylic acids is 1. The lowest BCUT2D eigenvalue weighted by Crippen LogP contribution is -2.54. The maximum absolute atomic E-state index is 12.4. The van der Waals surface area contributed by atoms with E-state index in [1.54, 1.807) is 0 Å². The molecule has 3 rings (SSSR count). The van der Waals surface area contributed by atoms with Crippen LogP contribution in [0.25, 0.3) is 0 Å². The highest BCUT2D eigenvalue weighted by Gasteiger charge is 2.33. The third kappa shape index (κ3) is 2.69. The van der Waals surface area contributed by atoms with Crippen LogP contribution >= 0.6 is 0 Å². The molecule has 0 bridgehead atoms. The Balaban J connectivity index is 1.44. The van der Waals surface area contributed by atoms with Crippen molar-refractivity contribution in [2.75, 3.05) is 45.8 Å². The maximum Gasteiger partial charge on any atom is 0.225 e. The fraction of sp³-hybridized carbons (Fsp3) is 0.929. The second kappa shape index (κ2) is 5.17. The van der Waals surface area contributed by atoms with Crippen LogP contribution < -0.4 is 5.32 Å². The molecule has 0 radical (unpaired) electrons. The molecule has 2 saturated heterocycles. The Morgan fingerprint density at radius 3 is 2.39 bits per heavy atom. The summed E-state index contributed by atoms with van der Waals surface area (Å²) in [5.41, 5.74) is 0. The zero-order chi connectivity index (χ0) is 12.5. The van der Waals surface area contributed by atoms with Gasteiger partial charge in [-0.2, -0.15) is 0 Å². The summed E-state index contributed by atoms with van der Waals surface area (Å²) in [6.07, 6.45) is 2.84. The first-order chi connectivity index (χ1) is 8.74. The van der Waals surface area contributed by atoms with Gasteiger partial charge in [0, 0.05) is 38.6 Å². The normalized spacial score (nSPS) is 27.9. The van der Waals surface area contributed by atoms with Crippen molar-refractivity contribution in [2.45, 2.75) is 19.8 Å². The second-order valence-corrected chi connectivity index (χ2v) is 6.28. The van der Waals surface area contributed by atoms with Crippen molar-refractivity contribution in [1.29, 1.82) is 0 Å². The van der Waals surface area contributed by atoms with Gasteiger partial charge in [-0.15, -0.1) is 0 Å². The Kier molecular flexibility index (Phi) is 3.57. The average molecular weight is 251 g/mol. The summed E-state index contributed by atoms with van der Waals surface area (Å²) in [4.78, 5) is 17.0. The summed E-state index contributed by atoms with van der Waals surface area (Å²) in [5, 5.41) is 3.26. The molecule has 102 valence electrons. The van der Waals surface area contributed by atoms with Gasteiger partial charge in [-0.05, 0) is 37.8 Å². The number of piperazine rings is 1. The number of nitrogens with one attached hydrogen (secondary N) is 1. The van der Waals surface area contributed by atoms with Gasteiger partial charge in [-0.1, -0.05) is 6.92 Å². The lowest BCUT2D eigenvalue weighted by atomic mass is 9.88. The second-order valence-electron chi connectivity index (χ2n) is 6.28. The molecule has 1 amide bonds. The molecule has 1 saturated carbocycles. The van der Waals surface area contributed by atoms with E-state index >= 15 is 0 Å². The SMILES string of the molecule is CC(C(=O)N1CCN(CC2CC2)CC1)C1CNC1. The lowest BCUT2D eigenvalue weighted by Gasteiger charge is -2.39. The molecule has 1 atom stereocenters. The number of amides is 1. The number of rotatable bonds is 4. The van der Waals surface area contributed by atoms with Crippen LogP contribution in [0.3, 0.4) is 0 Å². The Morgan fingerprint density at radius 1 is 1.22 bits per heavy atom. The van der Waals surface area contributed by atoms with E-state index in [1.807, 2.05) is 0 Å². The van der Waals surface area contributed by atoms with Gasteiger partial charge < -0.3 is 10.2 Å². The zero-order valence-electron chi connectivity index (χ0n) is 11.4. The Morgan fingerprint density at radius 2 is 1.89 bits per heavy atom. The van der Waals surface area contributed by atoms with Gasteiger partial charge in [0.05, 0.1) is 0 Å². The molecular formula is C14H25N3O. The molecule has 2 aliphatic heterocycles. The van der Waals surface area contributed by atoms with E-state index in [-0.39, 0.29) is 5.92 Å². The maximum atomic E-state index is 12.4. The molecule has 4 heteroatoms. The zero-order valence-corrected chi connectivity index (χ0v) is 11.4. The largest absolute Gasteiger partial charge is 0.340 e. The number of nitrogens with zero attached hydrogens (tertiary/aromatic N) is 2. The summed E-state index contributed by atoms with van der Waals surface area (Å²) in [6.45, 7) is 9.46. The minimum absolute atomic E-state index is 0.209. The summed E-state index contributed by atoms with van der Waals surface area (Å²) < 4.78 is 0. The number of hydrogen-bond donors (Lipinski definition) is 1. The van der Waals surface area contributed by atoms with Gasteiger partial charge in [0.2, 0.25) is 5.91 Å². The first-order valence-corrected chi connectivity index (χ1v) is 7.46. The van der Waals surface area contributed by atoms with Crippen LogP contribution in [0.2, 0.25) is 0 Å². The van der Waals surface area contributed by atoms with Crippen LogP contribution in [0, 0.1) is 17.8 Å². The van der Waals surface area contributed by atoms with Gasteiger partial charge in [0.15, 0.2) is 0 Å². The van der Waals surface area contributed by atoms with E-state index in [0.29, 0.717) is 11.8 Å². The van der Waals surface area contributed by atoms with Crippen LogP contribution in [0.4, 0.5) is 0 Å². The smallest absolute Gasteiger partial charge is 0.225 e. The topological polar surface area (TPSA) is 35.6 Å². The molecule has 1 unspecified atom stereocenters. The average Bonchev–Trinajstić information content (AvgIpc) is 3.11. The number of carbonyl (C=O) groups is 1. The first kappa shape index (κ1) is 12.4. The molecule has 1 aliphatic carbocycles. The van der Waals surface area contributed by atoms with E-state index in [4.69, 9.17) is 0 Å². The Hall–Kier alpha value is -0.610. The highest BCUT2D eigenvalue weighted by molar-refractivity contribution is 5.79. The molecule has 0 spiro atoms. The van der Waals surface area contributed by atoms with Crippen LogP contribution in [-0.4, -0.2) is 61.5 Å². The minimum atomic E-state index is 0.209. The fourth-order valence-corrected chi connectivity index (χ4v) is 2.97. The first-order valence-electron chi connectivity index (χ1n) is 7.46. The van der Waals surface area contributed by atoms with Gasteiger partial charge in [0.1, 0.15) is 0 Å². The van der Waals surface area contributed by atoms with E-state index < -0.39 is 0 Å². The van der Waals surface area contributed by atoms with Crippen molar-refractivity contribution >= 4 is 5.91 Å². The summed E-state index contributed by atoms with van der Waals surface area (Å²) >= 11 is 0. The van der Waals surface area contributed by atoms with Crippen LogP contribution in [0.15, 0.2) is 0 Å². The van der Waals surface area contributed by atoms with E-state index in [1.165, 1.54) is 19.4 Å². The van der Waals surface area contributed by atoms with Crippen LogP contribution in [-0.2, 0) is 4.79 Å². The quantitative estimate of drug-likeness (QED) is 0.785. The van der Waals surface area contributed by atoms with E-state index in [2.05, 4.69) is 22.0 Å². The van der Waals surface area contributed by atoms with Crippen molar-refractivity contribution in [2.24, 2.45) is 17.8 Å². The van der Waals surface area contributed by atoms with Crippen molar-refractivity contribution in [3.8, 4) is 0 Å². The Bertz CT molecular complexity index is 304. The van der Waals surface area contributed by atoms with Crippen LogP contribution in [0.5, 0.6) is 0 Å². The van der Waals surface area contributed by atoms with Gasteiger partial charge in [0.25, 0.3) is 0 Å². The molecule has 0 aromatic carbocycles. The predicted octanol–water partition coefficient (Wildman–Crippen LogP) is 0.396.